The summed E-state index contributed by atoms with van der Waals surface area (Å²) >= 11 is 0. The Labute approximate surface area is 83.7 Å². The first-order chi connectivity index (χ1) is 6.72. The fourth-order valence-corrected chi connectivity index (χ4v) is 1.74. The molecular formula is C11H15NO2. The Kier molecular flexibility index (Phi) is 2.33. The van der Waals surface area contributed by atoms with E-state index in [0.29, 0.717) is 11.8 Å². The zero-order chi connectivity index (χ0) is 10.1. The van der Waals surface area contributed by atoms with Gasteiger partial charge in [0.05, 0.1) is 7.11 Å². The second kappa shape index (κ2) is 3.50. The molecule has 0 aromatic heterocycles. The number of benzene rings is 1. The predicted molar refractivity (Wildman–Crippen MR) is 54.8 cm³/mol. The summed E-state index contributed by atoms with van der Waals surface area (Å²) in [5.41, 5.74) is 1.91. The van der Waals surface area contributed by atoms with Crippen LogP contribution in [0.4, 0.5) is 0 Å². The zero-order valence-electron chi connectivity index (χ0n) is 8.50. The highest BCUT2D eigenvalue weighted by atomic mass is 16.5. The molecule has 1 aliphatic heterocycles. The van der Waals surface area contributed by atoms with Gasteiger partial charge in [0.15, 0.2) is 0 Å². The standard InChI is InChI=1S/C11H15NO2/c1-7-5-10(13)8(6-11(7)14-2)9-3-4-12-9/h5-6,9,12-13H,3-4H2,1-2H3/t9-/m1/s1. The van der Waals surface area contributed by atoms with Gasteiger partial charge >= 0.3 is 0 Å². The SMILES string of the molecule is COc1cc([C@H]2CCN2)c(O)cc1C. The van der Waals surface area contributed by atoms with Gasteiger partial charge in [0.2, 0.25) is 0 Å². The van der Waals surface area contributed by atoms with Gasteiger partial charge in [0.1, 0.15) is 11.5 Å². The lowest BCUT2D eigenvalue weighted by Gasteiger charge is -2.29. The first kappa shape index (κ1) is 9.34. The molecule has 3 heteroatoms. The molecule has 1 fully saturated rings. The number of rotatable bonds is 2. The van der Waals surface area contributed by atoms with Crippen molar-refractivity contribution in [1.82, 2.24) is 5.32 Å². The van der Waals surface area contributed by atoms with Gasteiger partial charge in [0, 0.05) is 11.6 Å². The fraction of sp³-hybridized carbons (Fsp3) is 0.455. The molecule has 0 bridgehead atoms. The largest absolute Gasteiger partial charge is 0.508 e. The van der Waals surface area contributed by atoms with Crippen LogP contribution in [0.25, 0.3) is 0 Å². The Balaban J connectivity index is 2.38. The van der Waals surface area contributed by atoms with Crippen LogP contribution in [0.3, 0.4) is 0 Å². The van der Waals surface area contributed by atoms with Crippen LogP contribution < -0.4 is 10.1 Å². The van der Waals surface area contributed by atoms with Gasteiger partial charge in [-0.2, -0.15) is 0 Å². The molecule has 1 aliphatic rings. The third-order valence-electron chi connectivity index (χ3n) is 2.74. The van der Waals surface area contributed by atoms with Gasteiger partial charge in [-0.25, -0.2) is 0 Å². The first-order valence-corrected chi connectivity index (χ1v) is 4.83. The van der Waals surface area contributed by atoms with Gasteiger partial charge in [-0.15, -0.1) is 0 Å². The lowest BCUT2D eigenvalue weighted by molar-refractivity contribution is 0.358. The monoisotopic (exact) mass is 193 g/mol. The number of nitrogens with one attached hydrogen (secondary N) is 1. The van der Waals surface area contributed by atoms with Crippen LogP contribution in [0.1, 0.15) is 23.6 Å². The van der Waals surface area contributed by atoms with Crippen LogP contribution in [-0.2, 0) is 0 Å². The third-order valence-corrected chi connectivity index (χ3v) is 2.74. The van der Waals surface area contributed by atoms with E-state index in [1.54, 1.807) is 13.2 Å². The number of hydrogen-bond acceptors (Lipinski definition) is 3. The lowest BCUT2D eigenvalue weighted by Crippen LogP contribution is -2.34. The molecule has 14 heavy (non-hydrogen) atoms. The summed E-state index contributed by atoms with van der Waals surface area (Å²) in [4.78, 5) is 0. The van der Waals surface area contributed by atoms with Crippen LogP contribution in [-0.4, -0.2) is 18.8 Å². The molecule has 0 unspecified atom stereocenters. The number of ether oxygens (including phenoxy) is 1. The third kappa shape index (κ3) is 1.44. The predicted octanol–water partition coefficient (Wildman–Crippen LogP) is 1.74. The normalized spacial score (nSPS) is 20.3. The van der Waals surface area contributed by atoms with Crippen molar-refractivity contribution in [3.8, 4) is 11.5 Å². The molecule has 0 aliphatic carbocycles. The smallest absolute Gasteiger partial charge is 0.122 e. The minimum Gasteiger partial charge on any atom is -0.508 e. The Morgan fingerprint density at radius 3 is 2.71 bits per heavy atom. The van der Waals surface area contributed by atoms with Crippen molar-refractivity contribution in [3.63, 3.8) is 0 Å². The van der Waals surface area contributed by atoms with E-state index >= 15 is 0 Å². The van der Waals surface area contributed by atoms with Gasteiger partial charge in [0.25, 0.3) is 0 Å². The molecule has 0 spiro atoms. The summed E-state index contributed by atoms with van der Waals surface area (Å²) in [5.74, 6) is 1.20. The van der Waals surface area contributed by atoms with Crippen LogP contribution in [0.15, 0.2) is 12.1 Å². The maximum Gasteiger partial charge on any atom is 0.122 e. The second-order valence-electron chi connectivity index (χ2n) is 3.68. The average Bonchev–Trinajstić information content (AvgIpc) is 2.06. The Morgan fingerprint density at radius 1 is 1.50 bits per heavy atom. The maximum absolute atomic E-state index is 9.75. The number of aryl methyl sites for hydroxylation is 1. The van der Waals surface area contributed by atoms with E-state index in [4.69, 9.17) is 4.74 Å². The van der Waals surface area contributed by atoms with Gasteiger partial charge in [-0.3, -0.25) is 0 Å². The highest BCUT2D eigenvalue weighted by molar-refractivity contribution is 5.47. The van der Waals surface area contributed by atoms with E-state index in [-0.39, 0.29) is 0 Å². The summed E-state index contributed by atoms with van der Waals surface area (Å²) in [6.07, 6.45) is 1.08. The average molecular weight is 193 g/mol. The lowest BCUT2D eigenvalue weighted by atomic mass is 9.95. The van der Waals surface area contributed by atoms with E-state index in [2.05, 4.69) is 5.32 Å². The molecule has 0 amide bonds. The highest BCUT2D eigenvalue weighted by Crippen LogP contribution is 2.35. The fourth-order valence-electron chi connectivity index (χ4n) is 1.74. The topological polar surface area (TPSA) is 41.5 Å². The molecule has 76 valence electrons. The van der Waals surface area contributed by atoms with Crippen molar-refractivity contribution in [2.24, 2.45) is 0 Å². The Morgan fingerprint density at radius 2 is 2.21 bits per heavy atom. The van der Waals surface area contributed by atoms with Crippen molar-refractivity contribution in [2.45, 2.75) is 19.4 Å². The van der Waals surface area contributed by atoms with Crippen LogP contribution in [0.2, 0.25) is 0 Å². The van der Waals surface area contributed by atoms with Crippen molar-refractivity contribution >= 4 is 0 Å². The number of aromatic hydroxyl groups is 1. The van der Waals surface area contributed by atoms with Gasteiger partial charge < -0.3 is 15.2 Å². The van der Waals surface area contributed by atoms with Crippen molar-refractivity contribution < 1.29 is 9.84 Å². The summed E-state index contributed by atoms with van der Waals surface area (Å²) in [7, 11) is 1.65. The van der Waals surface area contributed by atoms with Gasteiger partial charge in [-0.1, -0.05) is 0 Å². The maximum atomic E-state index is 9.75. The number of methoxy groups -OCH3 is 1. The molecule has 0 saturated carbocycles. The molecule has 0 radical (unpaired) electrons. The summed E-state index contributed by atoms with van der Waals surface area (Å²) in [6, 6.07) is 3.97. The van der Waals surface area contributed by atoms with Crippen molar-refractivity contribution in [1.29, 1.82) is 0 Å². The summed E-state index contributed by atoms with van der Waals surface area (Å²) in [5, 5.41) is 13.0. The van der Waals surface area contributed by atoms with Crippen LogP contribution >= 0.6 is 0 Å². The molecule has 1 aromatic rings. The zero-order valence-corrected chi connectivity index (χ0v) is 8.50. The van der Waals surface area contributed by atoms with E-state index in [1.807, 2.05) is 13.0 Å². The molecule has 3 nitrogen and oxygen atoms in total. The van der Waals surface area contributed by atoms with E-state index in [9.17, 15) is 5.11 Å². The quantitative estimate of drug-likeness (QED) is 0.751. The first-order valence-electron chi connectivity index (χ1n) is 4.83. The van der Waals surface area contributed by atoms with E-state index < -0.39 is 0 Å². The van der Waals surface area contributed by atoms with Crippen LogP contribution in [0.5, 0.6) is 11.5 Å². The van der Waals surface area contributed by atoms with E-state index in [0.717, 1.165) is 29.8 Å². The Hall–Kier alpha value is -1.22. The molecule has 1 atom stereocenters. The molecule has 1 heterocycles. The molecule has 1 aromatic carbocycles. The van der Waals surface area contributed by atoms with Crippen molar-refractivity contribution in [2.75, 3.05) is 13.7 Å². The second-order valence-corrected chi connectivity index (χ2v) is 3.68. The number of phenols is 1. The molecule has 1 saturated heterocycles. The van der Waals surface area contributed by atoms with E-state index in [1.165, 1.54) is 0 Å². The van der Waals surface area contributed by atoms with Crippen LogP contribution in [0, 0.1) is 6.92 Å². The minimum absolute atomic E-state index is 0.296. The summed E-state index contributed by atoms with van der Waals surface area (Å²) in [6.45, 7) is 2.96. The summed E-state index contributed by atoms with van der Waals surface area (Å²) < 4.78 is 5.22. The number of phenolic OH excluding ortho intramolecular Hbond substituents is 1. The highest BCUT2D eigenvalue weighted by Gasteiger charge is 2.22. The number of hydrogen-bond donors (Lipinski definition) is 2. The Bertz CT molecular complexity index is 345. The molecule has 2 rings (SSSR count). The van der Waals surface area contributed by atoms with Crippen molar-refractivity contribution in [3.05, 3.63) is 23.3 Å². The van der Waals surface area contributed by atoms with Gasteiger partial charge in [-0.05, 0) is 37.6 Å². The molecule has 2 N–H and O–H groups in total. The minimum atomic E-state index is 0.296. The molecular weight excluding hydrogens is 178 g/mol.